The molecule has 3 rings (SSSR count). The fourth-order valence-corrected chi connectivity index (χ4v) is 4.26. The van der Waals surface area contributed by atoms with Gasteiger partial charge in [-0.15, -0.1) is 0 Å². The van der Waals surface area contributed by atoms with Crippen LogP contribution in [0.3, 0.4) is 0 Å². The van der Waals surface area contributed by atoms with Crippen LogP contribution in [0.2, 0.25) is 0 Å². The molecule has 1 aromatic heterocycles. The third kappa shape index (κ3) is 3.33. The Bertz CT molecular complexity index is 654. The zero-order chi connectivity index (χ0) is 16.6. The van der Waals surface area contributed by atoms with Crippen molar-refractivity contribution in [2.24, 2.45) is 11.3 Å². The van der Waals surface area contributed by atoms with Crippen LogP contribution >= 0.6 is 24.0 Å². The number of carbonyl (C=O) groups excluding carboxylic acids is 1. The maximum Gasteiger partial charge on any atom is 0.270 e. The highest BCUT2D eigenvalue weighted by Gasteiger charge is 2.38. The van der Waals surface area contributed by atoms with Crippen molar-refractivity contribution in [1.29, 1.82) is 0 Å². The first-order valence-electron chi connectivity index (χ1n) is 7.54. The molecule has 1 amide bonds. The first-order valence-corrected chi connectivity index (χ1v) is 8.77. The molecule has 23 heavy (non-hydrogen) atoms. The van der Waals surface area contributed by atoms with Gasteiger partial charge in [-0.05, 0) is 17.5 Å². The lowest BCUT2D eigenvalue weighted by atomic mass is 9.80. The minimum absolute atomic E-state index is 0.0624. The number of rotatable bonds is 2. The van der Waals surface area contributed by atoms with E-state index in [1.165, 1.54) is 11.8 Å². The molecule has 7 heteroatoms. The molecular weight excluding hydrogens is 328 g/mol. The Balaban J connectivity index is 1.85. The van der Waals surface area contributed by atoms with Crippen molar-refractivity contribution in [3.8, 4) is 0 Å². The van der Waals surface area contributed by atoms with Crippen LogP contribution in [0.5, 0.6) is 0 Å². The third-order valence-electron chi connectivity index (χ3n) is 4.02. The van der Waals surface area contributed by atoms with Crippen LogP contribution in [0.1, 0.15) is 20.8 Å². The molecule has 3 heterocycles. The number of thiocarbonyl (C=S) groups is 1. The van der Waals surface area contributed by atoms with Gasteiger partial charge in [-0.25, -0.2) is 0 Å². The van der Waals surface area contributed by atoms with E-state index in [1.807, 2.05) is 6.07 Å². The Kier molecular flexibility index (Phi) is 4.55. The second-order valence-electron chi connectivity index (χ2n) is 6.78. The van der Waals surface area contributed by atoms with Crippen molar-refractivity contribution in [3.63, 3.8) is 0 Å². The molecule has 2 aliphatic heterocycles. The fraction of sp³-hybridized carbons (Fsp3) is 0.438. The number of amides is 1. The van der Waals surface area contributed by atoms with E-state index in [-0.39, 0.29) is 23.3 Å². The van der Waals surface area contributed by atoms with Crippen molar-refractivity contribution in [1.82, 2.24) is 15.8 Å². The number of aromatic nitrogens is 1. The quantitative estimate of drug-likeness (QED) is 0.632. The normalized spacial score (nSPS) is 27.3. The molecule has 0 bridgehead atoms. The highest BCUT2D eigenvalue weighted by molar-refractivity contribution is 8.27. The van der Waals surface area contributed by atoms with Gasteiger partial charge in [0.1, 0.15) is 0 Å². The summed E-state index contributed by atoms with van der Waals surface area (Å²) in [6.45, 7) is 7.39. The smallest absolute Gasteiger partial charge is 0.268 e. The third-order valence-corrected chi connectivity index (χ3v) is 5.34. The summed E-state index contributed by atoms with van der Waals surface area (Å²) in [5.74, 6) is 0.186. The zero-order valence-corrected chi connectivity index (χ0v) is 15.0. The molecule has 2 aliphatic rings. The average molecular weight is 348 g/mol. The van der Waals surface area contributed by atoms with Gasteiger partial charge in [0.25, 0.3) is 5.91 Å². The molecule has 2 fully saturated rings. The lowest BCUT2D eigenvalue weighted by Gasteiger charge is -2.30. The summed E-state index contributed by atoms with van der Waals surface area (Å²) in [7, 11) is 0. The Morgan fingerprint density at radius 1 is 1.48 bits per heavy atom. The van der Waals surface area contributed by atoms with E-state index < -0.39 is 0 Å². The van der Waals surface area contributed by atoms with Crippen molar-refractivity contribution >= 4 is 39.9 Å². The van der Waals surface area contributed by atoms with Crippen LogP contribution in [0, 0.1) is 11.3 Å². The summed E-state index contributed by atoms with van der Waals surface area (Å²) < 4.78 is 0.556. The van der Waals surface area contributed by atoms with Crippen LogP contribution < -0.4 is 15.8 Å². The SMILES string of the molecule is CC(C)(C)C1NNCC1/C=C1\SC(=S)N(c2cccnc2)C1=O. The summed E-state index contributed by atoms with van der Waals surface area (Å²) in [5, 5.41) is 0. The maximum absolute atomic E-state index is 12.7. The van der Waals surface area contributed by atoms with Gasteiger partial charge in [-0.3, -0.25) is 25.5 Å². The van der Waals surface area contributed by atoms with Gasteiger partial charge in [0.15, 0.2) is 4.32 Å². The number of hydrazine groups is 1. The van der Waals surface area contributed by atoms with Crippen LogP contribution in [0.15, 0.2) is 35.5 Å². The van der Waals surface area contributed by atoms with E-state index in [9.17, 15) is 4.79 Å². The van der Waals surface area contributed by atoms with Gasteiger partial charge < -0.3 is 0 Å². The van der Waals surface area contributed by atoms with Crippen molar-refractivity contribution < 1.29 is 4.79 Å². The van der Waals surface area contributed by atoms with Crippen molar-refractivity contribution in [3.05, 3.63) is 35.5 Å². The zero-order valence-electron chi connectivity index (χ0n) is 13.4. The number of pyridine rings is 1. The molecule has 0 radical (unpaired) electrons. The molecule has 2 saturated heterocycles. The monoisotopic (exact) mass is 348 g/mol. The number of anilines is 1. The Morgan fingerprint density at radius 2 is 2.26 bits per heavy atom. The molecule has 1 aromatic rings. The molecule has 2 unspecified atom stereocenters. The van der Waals surface area contributed by atoms with E-state index in [4.69, 9.17) is 12.2 Å². The minimum atomic E-state index is -0.0624. The van der Waals surface area contributed by atoms with Crippen molar-refractivity contribution in [2.75, 3.05) is 11.4 Å². The number of thioether (sulfide) groups is 1. The number of hydrogen-bond donors (Lipinski definition) is 2. The van der Waals surface area contributed by atoms with E-state index in [0.29, 0.717) is 14.9 Å². The highest BCUT2D eigenvalue weighted by Crippen LogP contribution is 2.37. The maximum atomic E-state index is 12.7. The first kappa shape index (κ1) is 16.6. The summed E-state index contributed by atoms with van der Waals surface area (Å²) >= 11 is 6.75. The number of hydrogen-bond acceptors (Lipinski definition) is 6. The molecule has 0 spiro atoms. The van der Waals surface area contributed by atoms with E-state index in [0.717, 1.165) is 6.54 Å². The van der Waals surface area contributed by atoms with Gasteiger partial charge in [0.2, 0.25) is 0 Å². The molecule has 2 atom stereocenters. The molecule has 0 aromatic carbocycles. The molecule has 2 N–H and O–H groups in total. The first-order chi connectivity index (χ1) is 10.9. The Morgan fingerprint density at radius 3 is 2.91 bits per heavy atom. The van der Waals surface area contributed by atoms with Gasteiger partial charge in [-0.2, -0.15) is 0 Å². The van der Waals surface area contributed by atoms with E-state index in [2.05, 4.69) is 42.7 Å². The standard InChI is InChI=1S/C16H20N4OS2/c1-16(2,3)13-10(8-18-19-13)7-12-14(21)20(15(22)23-12)11-5-4-6-17-9-11/h4-7,9-10,13,18-19H,8H2,1-3H3/b12-7-. The predicted octanol–water partition coefficient (Wildman–Crippen LogP) is 2.47. The van der Waals surface area contributed by atoms with Crippen LogP contribution in [0.25, 0.3) is 0 Å². The highest BCUT2D eigenvalue weighted by atomic mass is 32.2. The lowest BCUT2D eigenvalue weighted by Crippen LogP contribution is -2.41. The molecule has 5 nitrogen and oxygen atoms in total. The lowest BCUT2D eigenvalue weighted by molar-refractivity contribution is -0.113. The second kappa shape index (κ2) is 6.32. The Labute approximate surface area is 145 Å². The number of nitrogens with one attached hydrogen (secondary N) is 2. The number of carbonyl (C=O) groups is 1. The second-order valence-corrected chi connectivity index (χ2v) is 8.46. The minimum Gasteiger partial charge on any atom is -0.268 e. The number of nitrogens with zero attached hydrogens (tertiary/aromatic N) is 2. The van der Waals surface area contributed by atoms with Crippen molar-refractivity contribution in [2.45, 2.75) is 26.8 Å². The van der Waals surface area contributed by atoms with Crippen LogP contribution in [-0.4, -0.2) is 27.8 Å². The van der Waals surface area contributed by atoms with E-state index in [1.54, 1.807) is 23.4 Å². The van der Waals surface area contributed by atoms with Crippen LogP contribution in [0.4, 0.5) is 5.69 Å². The van der Waals surface area contributed by atoms with Gasteiger partial charge in [0, 0.05) is 24.7 Å². The topological polar surface area (TPSA) is 57.3 Å². The van der Waals surface area contributed by atoms with E-state index >= 15 is 0 Å². The summed E-state index contributed by atoms with van der Waals surface area (Å²) in [5.41, 5.74) is 7.33. The molecular formula is C16H20N4OS2. The summed E-state index contributed by atoms with van der Waals surface area (Å²) in [6, 6.07) is 3.92. The molecule has 0 saturated carbocycles. The van der Waals surface area contributed by atoms with Gasteiger partial charge in [0.05, 0.1) is 16.8 Å². The summed E-state index contributed by atoms with van der Waals surface area (Å²) in [4.78, 5) is 19.1. The van der Waals surface area contributed by atoms with Gasteiger partial charge in [-0.1, -0.05) is 50.8 Å². The Hall–Kier alpha value is -1.28. The average Bonchev–Trinajstić information content (AvgIpc) is 3.05. The fourth-order valence-electron chi connectivity index (χ4n) is 2.91. The van der Waals surface area contributed by atoms with Gasteiger partial charge >= 0.3 is 0 Å². The summed E-state index contributed by atoms with van der Waals surface area (Å²) in [6.07, 6.45) is 5.39. The molecule has 0 aliphatic carbocycles. The largest absolute Gasteiger partial charge is 0.270 e. The van der Waals surface area contributed by atoms with Crippen LogP contribution in [-0.2, 0) is 4.79 Å². The predicted molar refractivity (Wildman–Crippen MR) is 97.9 cm³/mol. The molecule has 122 valence electrons.